The van der Waals surface area contributed by atoms with E-state index in [1.54, 1.807) is 18.5 Å². The fourth-order valence-corrected chi connectivity index (χ4v) is 2.70. The van der Waals surface area contributed by atoms with E-state index in [9.17, 15) is 4.39 Å². The van der Waals surface area contributed by atoms with Crippen LogP contribution >= 0.6 is 11.3 Å². The average Bonchev–Trinajstić information content (AvgIpc) is 2.61. The fourth-order valence-electron chi connectivity index (χ4n) is 1.62. The first kappa shape index (κ1) is 12.0. The Morgan fingerprint density at radius 2 is 2.12 bits per heavy atom. The molecule has 2 aromatic rings. The molecule has 0 bridgehead atoms. The summed E-state index contributed by atoms with van der Waals surface area (Å²) in [6.07, 6.45) is 3.87. The number of anilines is 1. The van der Waals surface area contributed by atoms with Crippen molar-refractivity contribution in [3.63, 3.8) is 0 Å². The average molecular weight is 250 g/mol. The highest BCUT2D eigenvalue weighted by Crippen LogP contribution is 2.29. The second-order valence-corrected chi connectivity index (χ2v) is 5.55. The summed E-state index contributed by atoms with van der Waals surface area (Å²) < 4.78 is 13.7. The molecule has 0 saturated heterocycles. The van der Waals surface area contributed by atoms with Crippen molar-refractivity contribution in [2.45, 2.75) is 26.2 Å². The smallest absolute Gasteiger partial charge is 0.137 e. The molecule has 17 heavy (non-hydrogen) atoms. The first-order valence-corrected chi connectivity index (χ1v) is 6.35. The maximum atomic E-state index is 13.7. The Kier molecular flexibility index (Phi) is 3.43. The Morgan fingerprint density at radius 1 is 1.35 bits per heavy atom. The van der Waals surface area contributed by atoms with E-state index in [4.69, 9.17) is 5.73 Å². The molecule has 0 amide bonds. The number of pyridine rings is 1. The summed E-state index contributed by atoms with van der Waals surface area (Å²) in [6.45, 7) is 4.13. The van der Waals surface area contributed by atoms with Crippen molar-refractivity contribution in [3.8, 4) is 0 Å². The summed E-state index contributed by atoms with van der Waals surface area (Å²) in [5.74, 6) is 0.239. The molecule has 0 aromatic carbocycles. The summed E-state index contributed by atoms with van der Waals surface area (Å²) >= 11 is 1.52. The summed E-state index contributed by atoms with van der Waals surface area (Å²) in [5, 5.41) is 0. The molecule has 0 spiro atoms. The second-order valence-electron chi connectivity index (χ2n) is 4.38. The van der Waals surface area contributed by atoms with Crippen LogP contribution in [-0.2, 0) is 6.42 Å². The van der Waals surface area contributed by atoms with Crippen molar-refractivity contribution >= 4 is 17.0 Å². The summed E-state index contributed by atoms with van der Waals surface area (Å²) in [5.41, 5.74) is 7.21. The highest BCUT2D eigenvalue weighted by molar-refractivity contribution is 7.12. The topological polar surface area (TPSA) is 38.9 Å². The lowest BCUT2D eigenvalue weighted by atomic mass is 10.1. The Balaban J connectivity index is 2.24. The molecule has 0 atom stereocenters. The van der Waals surface area contributed by atoms with Crippen LogP contribution in [0.1, 0.15) is 35.1 Å². The van der Waals surface area contributed by atoms with Crippen LogP contribution in [0.2, 0.25) is 0 Å². The highest BCUT2D eigenvalue weighted by Gasteiger charge is 2.11. The SMILES string of the molecule is CC(C)c1cc(F)c(Cc2cncc(N)c2)s1. The van der Waals surface area contributed by atoms with Gasteiger partial charge in [0.1, 0.15) is 5.82 Å². The minimum absolute atomic E-state index is 0.124. The van der Waals surface area contributed by atoms with Crippen LogP contribution in [-0.4, -0.2) is 4.98 Å². The molecule has 0 fully saturated rings. The monoisotopic (exact) mass is 250 g/mol. The molecular formula is C13H15FN2S. The van der Waals surface area contributed by atoms with E-state index < -0.39 is 0 Å². The maximum Gasteiger partial charge on any atom is 0.137 e. The van der Waals surface area contributed by atoms with Gasteiger partial charge in [0.25, 0.3) is 0 Å². The second kappa shape index (κ2) is 4.84. The number of nitrogens with two attached hydrogens (primary N) is 1. The van der Waals surface area contributed by atoms with E-state index in [2.05, 4.69) is 18.8 Å². The number of nitrogen functional groups attached to an aromatic ring is 1. The third-order valence-corrected chi connectivity index (χ3v) is 3.94. The van der Waals surface area contributed by atoms with Crippen LogP contribution in [0.15, 0.2) is 24.5 Å². The molecular weight excluding hydrogens is 235 g/mol. The van der Waals surface area contributed by atoms with E-state index in [1.165, 1.54) is 11.3 Å². The van der Waals surface area contributed by atoms with Crippen molar-refractivity contribution in [1.82, 2.24) is 4.98 Å². The first-order chi connectivity index (χ1) is 8.06. The van der Waals surface area contributed by atoms with Crippen LogP contribution in [0.25, 0.3) is 0 Å². The zero-order chi connectivity index (χ0) is 12.4. The van der Waals surface area contributed by atoms with E-state index in [0.717, 1.165) is 15.3 Å². The van der Waals surface area contributed by atoms with E-state index >= 15 is 0 Å². The normalized spacial score (nSPS) is 11.1. The molecule has 0 saturated carbocycles. The quantitative estimate of drug-likeness (QED) is 0.904. The zero-order valence-corrected chi connectivity index (χ0v) is 10.7. The molecule has 4 heteroatoms. The minimum Gasteiger partial charge on any atom is -0.397 e. The lowest BCUT2D eigenvalue weighted by Gasteiger charge is -2.00. The fraction of sp³-hybridized carbons (Fsp3) is 0.308. The largest absolute Gasteiger partial charge is 0.397 e. The van der Waals surface area contributed by atoms with Crippen LogP contribution in [0.5, 0.6) is 0 Å². The molecule has 2 rings (SSSR count). The van der Waals surface area contributed by atoms with Gasteiger partial charge in [-0.05, 0) is 23.6 Å². The van der Waals surface area contributed by atoms with Crippen molar-refractivity contribution in [1.29, 1.82) is 0 Å². The van der Waals surface area contributed by atoms with Crippen LogP contribution < -0.4 is 5.73 Å². The van der Waals surface area contributed by atoms with Gasteiger partial charge in [-0.15, -0.1) is 11.3 Å². The van der Waals surface area contributed by atoms with Gasteiger partial charge < -0.3 is 5.73 Å². The summed E-state index contributed by atoms with van der Waals surface area (Å²) in [4.78, 5) is 5.84. The molecule has 0 aliphatic rings. The van der Waals surface area contributed by atoms with E-state index in [-0.39, 0.29) is 5.82 Å². The molecule has 90 valence electrons. The number of hydrogen-bond donors (Lipinski definition) is 1. The van der Waals surface area contributed by atoms with Crippen molar-refractivity contribution in [2.75, 3.05) is 5.73 Å². The maximum absolute atomic E-state index is 13.7. The standard InChI is InChI=1S/C13H15FN2S/c1-8(2)12-5-11(14)13(17-12)4-9-3-10(15)7-16-6-9/h3,5-8H,4,15H2,1-2H3. The van der Waals surface area contributed by atoms with Gasteiger partial charge in [0.05, 0.1) is 5.69 Å². The first-order valence-electron chi connectivity index (χ1n) is 5.53. The number of thiophene rings is 1. The van der Waals surface area contributed by atoms with Gasteiger partial charge in [0.2, 0.25) is 0 Å². The minimum atomic E-state index is -0.124. The summed E-state index contributed by atoms with van der Waals surface area (Å²) in [6, 6.07) is 3.46. The summed E-state index contributed by atoms with van der Waals surface area (Å²) in [7, 11) is 0. The molecule has 2 nitrogen and oxygen atoms in total. The Bertz CT molecular complexity index is 520. The van der Waals surface area contributed by atoms with Crippen LogP contribution in [0.3, 0.4) is 0 Å². The molecule has 0 unspecified atom stereocenters. The number of aromatic nitrogens is 1. The predicted octanol–water partition coefficient (Wildman–Crippen LogP) is 3.58. The zero-order valence-electron chi connectivity index (χ0n) is 9.90. The van der Waals surface area contributed by atoms with Crippen LogP contribution in [0, 0.1) is 5.82 Å². The Labute approximate surface area is 104 Å². The van der Waals surface area contributed by atoms with Crippen molar-refractivity contribution in [2.24, 2.45) is 0 Å². The van der Waals surface area contributed by atoms with Gasteiger partial charge in [0.15, 0.2) is 0 Å². The van der Waals surface area contributed by atoms with Gasteiger partial charge in [-0.25, -0.2) is 4.39 Å². The molecule has 0 radical (unpaired) electrons. The molecule has 2 aromatic heterocycles. The Hall–Kier alpha value is -1.42. The third-order valence-electron chi connectivity index (χ3n) is 2.53. The van der Waals surface area contributed by atoms with Gasteiger partial charge in [-0.2, -0.15) is 0 Å². The Morgan fingerprint density at radius 3 is 2.71 bits per heavy atom. The molecule has 2 heterocycles. The number of halogens is 1. The van der Waals surface area contributed by atoms with Crippen molar-refractivity contribution < 1.29 is 4.39 Å². The van der Waals surface area contributed by atoms with Gasteiger partial charge >= 0.3 is 0 Å². The molecule has 0 aliphatic carbocycles. The molecule has 2 N–H and O–H groups in total. The van der Waals surface area contributed by atoms with Gasteiger partial charge in [-0.1, -0.05) is 13.8 Å². The van der Waals surface area contributed by atoms with E-state index in [1.807, 2.05) is 6.07 Å². The third kappa shape index (κ3) is 2.82. The van der Waals surface area contributed by atoms with Crippen molar-refractivity contribution in [3.05, 3.63) is 45.7 Å². The number of hydrogen-bond acceptors (Lipinski definition) is 3. The molecule has 0 aliphatic heterocycles. The lowest BCUT2D eigenvalue weighted by molar-refractivity contribution is 0.620. The van der Waals surface area contributed by atoms with Gasteiger partial charge in [0, 0.05) is 28.6 Å². The van der Waals surface area contributed by atoms with Gasteiger partial charge in [-0.3, -0.25) is 4.98 Å². The number of rotatable bonds is 3. The highest BCUT2D eigenvalue weighted by atomic mass is 32.1. The predicted molar refractivity (Wildman–Crippen MR) is 69.8 cm³/mol. The lowest BCUT2D eigenvalue weighted by Crippen LogP contribution is -1.92. The number of nitrogens with zero attached hydrogens (tertiary/aromatic N) is 1. The van der Waals surface area contributed by atoms with Crippen LogP contribution in [0.4, 0.5) is 10.1 Å². The van der Waals surface area contributed by atoms with E-state index in [0.29, 0.717) is 18.0 Å².